The summed E-state index contributed by atoms with van der Waals surface area (Å²) >= 11 is 1.54. The lowest BCUT2D eigenvalue weighted by molar-refractivity contribution is -0.245. The smallest absolute Gasteiger partial charge is 0.240 e. The first-order valence-electron chi connectivity index (χ1n) is 12.1. The SMILES string of the molecule is O=S(=O)(NCc1ccc(C2OC(CSc3ncn[nH]3)CC(c3ccc(CO)cc3)O2)cc1)c1ccccc1. The van der Waals surface area contributed by atoms with Gasteiger partial charge in [-0.05, 0) is 28.8 Å². The van der Waals surface area contributed by atoms with E-state index in [4.69, 9.17) is 9.47 Å². The molecule has 198 valence electrons. The first-order valence-corrected chi connectivity index (χ1v) is 14.6. The number of rotatable bonds is 10. The molecule has 3 atom stereocenters. The molecule has 1 aliphatic rings. The molecule has 9 nitrogen and oxygen atoms in total. The highest BCUT2D eigenvalue weighted by atomic mass is 32.2. The molecule has 38 heavy (non-hydrogen) atoms. The van der Waals surface area contributed by atoms with Crippen molar-refractivity contribution in [1.82, 2.24) is 19.9 Å². The van der Waals surface area contributed by atoms with E-state index in [1.165, 1.54) is 18.1 Å². The van der Waals surface area contributed by atoms with Crippen LogP contribution in [-0.2, 0) is 32.6 Å². The van der Waals surface area contributed by atoms with E-state index in [0.29, 0.717) is 12.2 Å². The van der Waals surface area contributed by atoms with E-state index in [1.807, 2.05) is 48.5 Å². The Balaban J connectivity index is 1.28. The summed E-state index contributed by atoms with van der Waals surface area (Å²) in [6.07, 6.45) is 1.24. The molecule has 11 heteroatoms. The molecule has 3 N–H and O–H groups in total. The lowest BCUT2D eigenvalue weighted by Crippen LogP contribution is -2.31. The van der Waals surface area contributed by atoms with Gasteiger partial charge in [-0.15, -0.1) is 0 Å². The number of nitrogens with one attached hydrogen (secondary N) is 2. The van der Waals surface area contributed by atoms with Crippen molar-refractivity contribution < 1.29 is 23.0 Å². The number of aliphatic hydroxyl groups excluding tert-OH is 1. The maximum atomic E-state index is 12.5. The number of hydrogen-bond acceptors (Lipinski definition) is 8. The van der Waals surface area contributed by atoms with Crippen molar-refractivity contribution in [2.45, 2.75) is 48.1 Å². The van der Waals surface area contributed by atoms with Gasteiger partial charge >= 0.3 is 0 Å². The van der Waals surface area contributed by atoms with E-state index in [2.05, 4.69) is 19.9 Å². The number of nitrogens with zero attached hydrogens (tertiary/aromatic N) is 2. The van der Waals surface area contributed by atoms with E-state index in [0.717, 1.165) is 27.4 Å². The molecule has 1 aliphatic heterocycles. The van der Waals surface area contributed by atoms with E-state index >= 15 is 0 Å². The van der Waals surface area contributed by atoms with Gasteiger partial charge in [0.25, 0.3) is 0 Å². The Morgan fingerprint density at radius 1 is 0.947 bits per heavy atom. The van der Waals surface area contributed by atoms with E-state index in [-0.39, 0.29) is 30.3 Å². The Labute approximate surface area is 225 Å². The highest BCUT2D eigenvalue weighted by Gasteiger charge is 2.32. The molecule has 1 aromatic heterocycles. The lowest BCUT2D eigenvalue weighted by atomic mass is 10.0. The van der Waals surface area contributed by atoms with Gasteiger partial charge in [0, 0.05) is 24.3 Å². The van der Waals surface area contributed by atoms with Crippen LogP contribution < -0.4 is 4.72 Å². The monoisotopic (exact) mass is 552 g/mol. The van der Waals surface area contributed by atoms with Crippen LogP contribution in [0.2, 0.25) is 0 Å². The van der Waals surface area contributed by atoms with Gasteiger partial charge in [0.2, 0.25) is 10.0 Å². The lowest BCUT2D eigenvalue weighted by Gasteiger charge is -2.36. The van der Waals surface area contributed by atoms with Crippen LogP contribution in [0.15, 0.2) is 95.2 Å². The minimum absolute atomic E-state index is 0.0121. The Morgan fingerprint density at radius 2 is 1.66 bits per heavy atom. The van der Waals surface area contributed by atoms with Gasteiger partial charge in [0.05, 0.1) is 23.7 Å². The van der Waals surface area contributed by atoms with Crippen LogP contribution in [-0.4, -0.2) is 40.6 Å². The number of H-pyrrole nitrogens is 1. The highest BCUT2D eigenvalue weighted by molar-refractivity contribution is 7.99. The minimum atomic E-state index is -3.59. The number of aromatic amines is 1. The molecule has 0 amide bonds. The number of sulfonamides is 1. The molecule has 1 saturated heterocycles. The number of aromatic nitrogens is 3. The minimum Gasteiger partial charge on any atom is -0.392 e. The molecule has 0 aliphatic carbocycles. The quantitative estimate of drug-likeness (QED) is 0.251. The number of ether oxygens (including phenoxy) is 2. The summed E-state index contributed by atoms with van der Waals surface area (Å²) in [7, 11) is -3.59. The van der Waals surface area contributed by atoms with Gasteiger partial charge in [0.1, 0.15) is 6.33 Å². The fraction of sp³-hybridized carbons (Fsp3) is 0.259. The number of hydrogen-bond donors (Lipinski definition) is 3. The molecule has 0 spiro atoms. The molecule has 0 bridgehead atoms. The summed E-state index contributed by atoms with van der Waals surface area (Å²) in [6, 6.07) is 23.6. The summed E-state index contributed by atoms with van der Waals surface area (Å²) < 4.78 is 40.4. The zero-order chi connectivity index (χ0) is 26.4. The van der Waals surface area contributed by atoms with Crippen molar-refractivity contribution in [2.24, 2.45) is 0 Å². The molecule has 3 unspecified atom stereocenters. The van der Waals surface area contributed by atoms with Crippen molar-refractivity contribution >= 4 is 21.8 Å². The fourth-order valence-electron chi connectivity index (χ4n) is 4.11. The predicted molar refractivity (Wildman–Crippen MR) is 142 cm³/mol. The standard InChI is InChI=1S/C27H28N4O5S2/c32-16-20-8-10-21(11-9-20)25-14-23(17-37-27-28-18-29-31-27)35-26(36-25)22-12-6-19(7-13-22)15-30-38(33,34)24-4-2-1-3-5-24/h1-13,18,23,25-26,30,32H,14-17H2,(H,28,29,31). The van der Waals surface area contributed by atoms with Crippen molar-refractivity contribution in [3.05, 3.63) is 107 Å². The zero-order valence-corrected chi connectivity index (χ0v) is 22.1. The number of thioether (sulfide) groups is 1. The van der Waals surface area contributed by atoms with E-state index < -0.39 is 16.3 Å². The van der Waals surface area contributed by atoms with Crippen LogP contribution in [0.5, 0.6) is 0 Å². The molecule has 4 aromatic rings. The van der Waals surface area contributed by atoms with Gasteiger partial charge in [-0.2, -0.15) is 5.10 Å². The third kappa shape index (κ3) is 6.68. The molecule has 0 saturated carbocycles. The molecule has 3 aromatic carbocycles. The molecular weight excluding hydrogens is 524 g/mol. The fourth-order valence-corrected chi connectivity index (χ4v) is 5.95. The second-order valence-corrected chi connectivity index (χ2v) is 11.6. The summed E-state index contributed by atoms with van der Waals surface area (Å²) in [5.41, 5.74) is 3.51. The molecule has 0 radical (unpaired) electrons. The number of aliphatic hydroxyl groups is 1. The van der Waals surface area contributed by atoms with Gasteiger partial charge in [-0.3, -0.25) is 5.10 Å². The second-order valence-electron chi connectivity index (χ2n) is 8.83. The first-order chi connectivity index (χ1) is 18.5. The van der Waals surface area contributed by atoms with Gasteiger partial charge in [0.15, 0.2) is 11.4 Å². The molecular formula is C27H28N4O5S2. The molecule has 1 fully saturated rings. The normalized spacial score (nSPS) is 19.9. The highest BCUT2D eigenvalue weighted by Crippen LogP contribution is 2.39. The Hall–Kier alpha value is -3.06. The van der Waals surface area contributed by atoms with E-state index in [9.17, 15) is 13.5 Å². The average Bonchev–Trinajstić information content (AvgIpc) is 3.50. The van der Waals surface area contributed by atoms with Crippen molar-refractivity contribution in [3.63, 3.8) is 0 Å². The zero-order valence-electron chi connectivity index (χ0n) is 20.4. The van der Waals surface area contributed by atoms with Crippen LogP contribution in [0.3, 0.4) is 0 Å². The van der Waals surface area contributed by atoms with E-state index in [1.54, 1.807) is 30.3 Å². The number of benzene rings is 3. The van der Waals surface area contributed by atoms with Crippen molar-refractivity contribution in [1.29, 1.82) is 0 Å². The largest absolute Gasteiger partial charge is 0.392 e. The third-order valence-electron chi connectivity index (χ3n) is 6.19. The summed E-state index contributed by atoms with van der Waals surface area (Å²) in [4.78, 5) is 4.40. The van der Waals surface area contributed by atoms with Crippen molar-refractivity contribution in [3.8, 4) is 0 Å². The summed E-state index contributed by atoms with van der Waals surface area (Å²) in [6.45, 7) is 0.155. The van der Waals surface area contributed by atoms with Crippen LogP contribution >= 0.6 is 11.8 Å². The summed E-state index contributed by atoms with van der Waals surface area (Å²) in [5, 5.41) is 16.9. The van der Waals surface area contributed by atoms with Crippen LogP contribution in [0.1, 0.15) is 41.1 Å². The van der Waals surface area contributed by atoms with Crippen LogP contribution in [0, 0.1) is 0 Å². The van der Waals surface area contributed by atoms with Gasteiger partial charge < -0.3 is 14.6 Å². The Bertz CT molecular complexity index is 1400. The van der Waals surface area contributed by atoms with Crippen LogP contribution in [0.4, 0.5) is 0 Å². The maximum Gasteiger partial charge on any atom is 0.240 e. The topological polar surface area (TPSA) is 126 Å². The average molecular weight is 553 g/mol. The maximum absolute atomic E-state index is 12.5. The third-order valence-corrected chi connectivity index (χ3v) is 8.61. The predicted octanol–water partition coefficient (Wildman–Crippen LogP) is 4.11. The van der Waals surface area contributed by atoms with Crippen LogP contribution in [0.25, 0.3) is 0 Å². The van der Waals surface area contributed by atoms with Crippen molar-refractivity contribution in [2.75, 3.05) is 5.75 Å². The summed E-state index contributed by atoms with van der Waals surface area (Å²) in [5.74, 6) is 0.666. The Kier molecular flexibility index (Phi) is 8.52. The first kappa shape index (κ1) is 26.5. The molecule has 2 heterocycles. The second kappa shape index (κ2) is 12.2. The van der Waals surface area contributed by atoms with Gasteiger partial charge in [-0.1, -0.05) is 78.5 Å². The molecule has 5 rings (SSSR count). The van der Waals surface area contributed by atoms with Gasteiger partial charge in [-0.25, -0.2) is 18.1 Å². The Morgan fingerprint density at radius 3 is 2.34 bits per heavy atom.